The first kappa shape index (κ1) is 13.5. The van der Waals surface area contributed by atoms with E-state index in [9.17, 15) is 0 Å². The van der Waals surface area contributed by atoms with E-state index in [1.807, 2.05) is 19.2 Å². The number of furan rings is 1. The SMILES string of the molecule is CN=C(NCc1ccco1)N1CCC2(CCCCC2)C1. The lowest BCUT2D eigenvalue weighted by atomic mass is 9.73. The summed E-state index contributed by atoms with van der Waals surface area (Å²) in [6, 6.07) is 3.92. The van der Waals surface area contributed by atoms with Crippen LogP contribution in [0.4, 0.5) is 0 Å². The van der Waals surface area contributed by atoms with Gasteiger partial charge < -0.3 is 14.6 Å². The highest BCUT2D eigenvalue weighted by Crippen LogP contribution is 2.43. The van der Waals surface area contributed by atoms with E-state index in [4.69, 9.17) is 4.42 Å². The second-order valence-corrected chi connectivity index (χ2v) is 6.21. The van der Waals surface area contributed by atoms with Crippen LogP contribution in [0.2, 0.25) is 0 Å². The molecule has 2 aliphatic rings. The Morgan fingerprint density at radius 3 is 2.90 bits per heavy atom. The van der Waals surface area contributed by atoms with Gasteiger partial charge in [0.25, 0.3) is 0 Å². The molecule has 1 aromatic heterocycles. The number of aliphatic imine (C=N–C) groups is 1. The van der Waals surface area contributed by atoms with E-state index in [0.717, 1.165) is 18.3 Å². The summed E-state index contributed by atoms with van der Waals surface area (Å²) in [4.78, 5) is 6.86. The molecule has 1 aliphatic heterocycles. The van der Waals surface area contributed by atoms with Crippen LogP contribution in [0.15, 0.2) is 27.8 Å². The van der Waals surface area contributed by atoms with Crippen molar-refractivity contribution in [2.75, 3.05) is 20.1 Å². The Hall–Kier alpha value is -1.45. The first-order chi connectivity index (χ1) is 9.81. The van der Waals surface area contributed by atoms with Gasteiger partial charge in [0.1, 0.15) is 5.76 Å². The van der Waals surface area contributed by atoms with Gasteiger partial charge in [0.2, 0.25) is 0 Å². The Kier molecular flexibility index (Phi) is 3.99. The van der Waals surface area contributed by atoms with Crippen LogP contribution < -0.4 is 5.32 Å². The average Bonchev–Trinajstić information content (AvgIpc) is 3.12. The number of hydrogen-bond acceptors (Lipinski definition) is 2. The van der Waals surface area contributed by atoms with Crippen LogP contribution in [-0.4, -0.2) is 31.0 Å². The maximum atomic E-state index is 5.36. The summed E-state index contributed by atoms with van der Waals surface area (Å²) in [5.74, 6) is 1.97. The van der Waals surface area contributed by atoms with Crippen molar-refractivity contribution in [3.63, 3.8) is 0 Å². The zero-order valence-electron chi connectivity index (χ0n) is 12.4. The van der Waals surface area contributed by atoms with Crippen molar-refractivity contribution >= 4 is 5.96 Å². The van der Waals surface area contributed by atoms with Crippen LogP contribution >= 0.6 is 0 Å². The Labute approximate surface area is 121 Å². The van der Waals surface area contributed by atoms with Crippen molar-refractivity contribution in [2.45, 2.75) is 45.1 Å². The smallest absolute Gasteiger partial charge is 0.194 e. The van der Waals surface area contributed by atoms with Crippen molar-refractivity contribution in [3.8, 4) is 0 Å². The number of likely N-dealkylation sites (tertiary alicyclic amines) is 1. The highest BCUT2D eigenvalue weighted by Gasteiger charge is 2.39. The van der Waals surface area contributed by atoms with Crippen molar-refractivity contribution < 1.29 is 4.42 Å². The highest BCUT2D eigenvalue weighted by molar-refractivity contribution is 5.80. The van der Waals surface area contributed by atoms with Gasteiger partial charge in [0.05, 0.1) is 12.8 Å². The van der Waals surface area contributed by atoms with Gasteiger partial charge in [-0.2, -0.15) is 0 Å². The molecule has 0 atom stereocenters. The van der Waals surface area contributed by atoms with E-state index in [1.54, 1.807) is 6.26 Å². The Bertz CT molecular complexity index is 446. The third kappa shape index (κ3) is 2.84. The van der Waals surface area contributed by atoms with Crippen molar-refractivity contribution in [3.05, 3.63) is 24.2 Å². The molecule has 1 aromatic rings. The molecule has 0 bridgehead atoms. The topological polar surface area (TPSA) is 40.8 Å². The molecule has 0 radical (unpaired) electrons. The minimum absolute atomic E-state index is 0.570. The van der Waals surface area contributed by atoms with Crippen LogP contribution in [0.1, 0.15) is 44.3 Å². The highest BCUT2D eigenvalue weighted by atomic mass is 16.3. The van der Waals surface area contributed by atoms with Crippen molar-refractivity contribution in [2.24, 2.45) is 10.4 Å². The third-order valence-corrected chi connectivity index (χ3v) is 4.86. The summed E-state index contributed by atoms with van der Waals surface area (Å²) in [7, 11) is 1.87. The summed E-state index contributed by atoms with van der Waals surface area (Å²) in [5.41, 5.74) is 0.570. The minimum Gasteiger partial charge on any atom is -0.467 e. The van der Waals surface area contributed by atoms with Gasteiger partial charge in [-0.25, -0.2) is 0 Å². The minimum atomic E-state index is 0.570. The number of rotatable bonds is 2. The molecule has 20 heavy (non-hydrogen) atoms. The molecule has 0 aromatic carbocycles. The number of nitrogens with zero attached hydrogens (tertiary/aromatic N) is 2. The summed E-state index contributed by atoms with van der Waals surface area (Å²) in [5, 5.41) is 3.42. The van der Waals surface area contributed by atoms with E-state index >= 15 is 0 Å². The molecule has 1 spiro atoms. The second kappa shape index (κ2) is 5.90. The van der Waals surface area contributed by atoms with Gasteiger partial charge in [0, 0.05) is 20.1 Å². The number of hydrogen-bond donors (Lipinski definition) is 1. The van der Waals surface area contributed by atoms with Crippen LogP contribution in [0.5, 0.6) is 0 Å². The molecule has 1 saturated heterocycles. The van der Waals surface area contributed by atoms with E-state index < -0.39 is 0 Å². The fraction of sp³-hybridized carbons (Fsp3) is 0.688. The van der Waals surface area contributed by atoms with Crippen molar-refractivity contribution in [1.29, 1.82) is 0 Å². The van der Waals surface area contributed by atoms with Crippen LogP contribution in [0.25, 0.3) is 0 Å². The lowest BCUT2D eigenvalue weighted by molar-refractivity contribution is 0.203. The van der Waals surface area contributed by atoms with Gasteiger partial charge in [-0.15, -0.1) is 0 Å². The Balaban J connectivity index is 1.57. The van der Waals surface area contributed by atoms with Gasteiger partial charge >= 0.3 is 0 Å². The largest absolute Gasteiger partial charge is 0.467 e. The fourth-order valence-electron chi connectivity index (χ4n) is 3.74. The van der Waals surface area contributed by atoms with Crippen LogP contribution in [-0.2, 0) is 6.54 Å². The normalized spacial score (nSPS) is 22.4. The molecule has 0 amide bonds. The molecule has 1 N–H and O–H groups in total. The fourth-order valence-corrected chi connectivity index (χ4v) is 3.74. The lowest BCUT2D eigenvalue weighted by Crippen LogP contribution is -2.41. The van der Waals surface area contributed by atoms with Gasteiger partial charge in [-0.3, -0.25) is 4.99 Å². The first-order valence-electron chi connectivity index (χ1n) is 7.79. The average molecular weight is 275 g/mol. The van der Waals surface area contributed by atoms with E-state index in [2.05, 4.69) is 15.2 Å². The molecule has 110 valence electrons. The quantitative estimate of drug-likeness (QED) is 0.666. The molecule has 4 nitrogen and oxygen atoms in total. The zero-order valence-corrected chi connectivity index (χ0v) is 12.4. The maximum Gasteiger partial charge on any atom is 0.194 e. The second-order valence-electron chi connectivity index (χ2n) is 6.21. The first-order valence-corrected chi connectivity index (χ1v) is 7.79. The predicted octanol–water partition coefficient (Wildman–Crippen LogP) is 3.01. The summed E-state index contributed by atoms with van der Waals surface area (Å²) < 4.78 is 5.36. The Morgan fingerprint density at radius 1 is 1.35 bits per heavy atom. The van der Waals surface area contributed by atoms with Gasteiger partial charge in [0.15, 0.2) is 5.96 Å². The molecule has 1 saturated carbocycles. The summed E-state index contributed by atoms with van der Waals surface area (Å²) in [6.07, 6.45) is 10.1. The molecule has 2 fully saturated rings. The molecule has 3 rings (SSSR count). The third-order valence-electron chi connectivity index (χ3n) is 4.86. The van der Waals surface area contributed by atoms with Crippen LogP contribution in [0, 0.1) is 5.41 Å². The lowest BCUT2D eigenvalue weighted by Gasteiger charge is -2.33. The molecule has 4 heteroatoms. The molecular weight excluding hydrogens is 250 g/mol. The molecular formula is C16H25N3O. The van der Waals surface area contributed by atoms with E-state index in [-0.39, 0.29) is 0 Å². The molecule has 2 heterocycles. The van der Waals surface area contributed by atoms with E-state index in [1.165, 1.54) is 45.1 Å². The summed E-state index contributed by atoms with van der Waals surface area (Å²) >= 11 is 0. The standard InChI is InChI=1S/C16H25N3O/c1-17-15(18-12-14-6-5-11-20-14)19-10-9-16(13-19)7-3-2-4-8-16/h5-6,11H,2-4,7-10,12-13H2,1H3,(H,17,18). The number of nitrogens with one attached hydrogen (secondary N) is 1. The van der Waals surface area contributed by atoms with E-state index in [0.29, 0.717) is 12.0 Å². The molecule has 1 aliphatic carbocycles. The zero-order chi connectivity index (χ0) is 13.8. The van der Waals surface area contributed by atoms with Gasteiger partial charge in [-0.1, -0.05) is 19.3 Å². The van der Waals surface area contributed by atoms with Gasteiger partial charge in [-0.05, 0) is 36.8 Å². The number of guanidine groups is 1. The molecule has 0 unspecified atom stereocenters. The van der Waals surface area contributed by atoms with Crippen molar-refractivity contribution in [1.82, 2.24) is 10.2 Å². The van der Waals surface area contributed by atoms with Crippen LogP contribution in [0.3, 0.4) is 0 Å². The Morgan fingerprint density at radius 2 is 2.20 bits per heavy atom. The summed E-state index contributed by atoms with van der Waals surface area (Å²) in [6.45, 7) is 3.02. The maximum absolute atomic E-state index is 5.36. The predicted molar refractivity (Wildman–Crippen MR) is 80.6 cm³/mol. The monoisotopic (exact) mass is 275 g/mol.